The van der Waals surface area contributed by atoms with E-state index in [1.807, 2.05) is 24.3 Å². The van der Waals surface area contributed by atoms with Crippen LogP contribution in [-0.2, 0) is 17.8 Å². The molecular weight excluding hydrogens is 326 g/mol. The van der Waals surface area contributed by atoms with Crippen LogP contribution in [0.5, 0.6) is 0 Å². The van der Waals surface area contributed by atoms with Crippen molar-refractivity contribution in [1.29, 1.82) is 0 Å². The summed E-state index contributed by atoms with van der Waals surface area (Å²) in [6, 6.07) is 12.3. The molecule has 1 fully saturated rings. The number of hydrogen-bond donors (Lipinski definition) is 2. The predicted octanol–water partition coefficient (Wildman–Crippen LogP) is 3.25. The fourth-order valence-corrected chi connectivity index (χ4v) is 4.23. The Morgan fingerprint density at radius 2 is 1.96 bits per heavy atom. The summed E-state index contributed by atoms with van der Waals surface area (Å²) in [4.78, 5) is 14.7. The molecule has 132 valence electrons. The van der Waals surface area contributed by atoms with Crippen LogP contribution < -0.4 is 5.32 Å². The summed E-state index contributed by atoms with van der Waals surface area (Å²) in [7, 11) is 0. The third-order valence-corrected chi connectivity index (χ3v) is 5.72. The molecule has 5 rings (SSSR count). The number of oxime groups is 1. The Balaban J connectivity index is 1.66. The summed E-state index contributed by atoms with van der Waals surface area (Å²) in [5.74, 6) is 0.514. The van der Waals surface area contributed by atoms with Crippen molar-refractivity contribution in [3.05, 3.63) is 53.1 Å². The normalized spacial score (nSPS) is 20.8. The molecule has 0 spiro atoms. The second-order valence-electron chi connectivity index (χ2n) is 7.50. The van der Waals surface area contributed by atoms with E-state index < -0.39 is 0 Å². The number of anilines is 1. The first-order chi connectivity index (χ1) is 12.7. The average Bonchev–Trinajstić information content (AvgIpc) is 3.42. The van der Waals surface area contributed by atoms with Gasteiger partial charge in [0.1, 0.15) is 0 Å². The van der Waals surface area contributed by atoms with Crippen molar-refractivity contribution in [2.24, 2.45) is 11.1 Å². The summed E-state index contributed by atoms with van der Waals surface area (Å²) in [6.07, 6.45) is 3.65. The highest BCUT2D eigenvalue weighted by Crippen LogP contribution is 2.41. The molecule has 0 radical (unpaired) electrons. The van der Waals surface area contributed by atoms with E-state index >= 15 is 0 Å². The van der Waals surface area contributed by atoms with Gasteiger partial charge in [-0.2, -0.15) is 0 Å². The highest BCUT2D eigenvalue weighted by molar-refractivity contribution is 6.54. The molecule has 1 aliphatic carbocycles. The lowest BCUT2D eigenvalue weighted by Gasteiger charge is -2.31. The van der Waals surface area contributed by atoms with Crippen molar-refractivity contribution in [1.82, 2.24) is 4.90 Å². The van der Waals surface area contributed by atoms with Crippen LogP contribution in [0, 0.1) is 5.92 Å². The first-order valence-corrected chi connectivity index (χ1v) is 9.25. The van der Waals surface area contributed by atoms with Crippen LogP contribution in [-0.4, -0.2) is 34.8 Å². The molecule has 2 N–H and O–H groups in total. The lowest BCUT2D eigenvalue weighted by molar-refractivity contribution is -0.110. The zero-order chi connectivity index (χ0) is 17.7. The first kappa shape index (κ1) is 15.6. The number of rotatable bonds is 3. The predicted molar refractivity (Wildman–Crippen MR) is 101 cm³/mol. The largest absolute Gasteiger partial charge is 0.410 e. The molecule has 0 atom stereocenters. The van der Waals surface area contributed by atoms with E-state index in [1.165, 1.54) is 24.0 Å². The number of fused-ring (bicyclic) bond motifs is 3. The molecule has 0 bridgehead atoms. The minimum Gasteiger partial charge on any atom is -0.410 e. The molecule has 0 saturated heterocycles. The molecule has 5 nitrogen and oxygen atoms in total. The summed E-state index contributed by atoms with van der Waals surface area (Å²) >= 11 is 0. The molecule has 2 aromatic rings. The van der Waals surface area contributed by atoms with Gasteiger partial charge < -0.3 is 10.5 Å². The SMILES string of the molecule is O=C1Nc2c(cc(-c3ccccc3)c3c2CN(CC2CC2)CC3)/C1=N/O. The van der Waals surface area contributed by atoms with Crippen LogP contribution in [0.3, 0.4) is 0 Å². The molecule has 5 heteroatoms. The van der Waals surface area contributed by atoms with Crippen LogP contribution >= 0.6 is 0 Å². The van der Waals surface area contributed by atoms with E-state index in [0.717, 1.165) is 48.8 Å². The van der Waals surface area contributed by atoms with Gasteiger partial charge in [-0.15, -0.1) is 0 Å². The first-order valence-electron chi connectivity index (χ1n) is 9.25. The van der Waals surface area contributed by atoms with Gasteiger partial charge in [-0.05, 0) is 53.5 Å². The van der Waals surface area contributed by atoms with E-state index in [2.05, 4.69) is 27.5 Å². The Morgan fingerprint density at radius 3 is 2.69 bits per heavy atom. The van der Waals surface area contributed by atoms with Crippen molar-refractivity contribution in [3.8, 4) is 11.1 Å². The Bertz CT molecular complexity index is 917. The van der Waals surface area contributed by atoms with Crippen molar-refractivity contribution < 1.29 is 10.0 Å². The van der Waals surface area contributed by atoms with E-state index in [4.69, 9.17) is 0 Å². The second-order valence-corrected chi connectivity index (χ2v) is 7.50. The monoisotopic (exact) mass is 347 g/mol. The Morgan fingerprint density at radius 1 is 1.15 bits per heavy atom. The lowest BCUT2D eigenvalue weighted by atomic mass is 9.87. The van der Waals surface area contributed by atoms with Crippen LogP contribution in [0.4, 0.5) is 5.69 Å². The van der Waals surface area contributed by atoms with Crippen LogP contribution in [0.25, 0.3) is 11.1 Å². The van der Waals surface area contributed by atoms with Gasteiger partial charge in [0.05, 0.1) is 5.69 Å². The van der Waals surface area contributed by atoms with Crippen LogP contribution in [0.1, 0.15) is 29.5 Å². The minimum atomic E-state index is -0.325. The molecule has 26 heavy (non-hydrogen) atoms. The highest BCUT2D eigenvalue weighted by atomic mass is 16.4. The summed E-state index contributed by atoms with van der Waals surface area (Å²) in [5.41, 5.74) is 6.42. The number of amides is 1. The average molecular weight is 347 g/mol. The lowest BCUT2D eigenvalue weighted by Crippen LogP contribution is -2.33. The number of carbonyl (C=O) groups is 1. The van der Waals surface area contributed by atoms with Gasteiger partial charge >= 0.3 is 0 Å². The Kier molecular flexibility index (Phi) is 3.57. The molecular formula is C21H21N3O2. The zero-order valence-corrected chi connectivity index (χ0v) is 14.5. The van der Waals surface area contributed by atoms with Gasteiger partial charge in [-0.25, -0.2) is 0 Å². The van der Waals surface area contributed by atoms with Crippen molar-refractivity contribution in [2.45, 2.75) is 25.8 Å². The number of nitrogens with one attached hydrogen (secondary N) is 1. The molecule has 0 unspecified atom stereocenters. The summed E-state index contributed by atoms with van der Waals surface area (Å²) < 4.78 is 0. The molecule has 2 aromatic carbocycles. The standard InChI is InChI=1S/C21H21N3O2/c25-21-20(23-26)17-10-16(14-4-2-1-3-5-14)15-8-9-24(11-13-6-7-13)12-18(15)19(17)22-21/h1-5,10,13,26H,6-9,11-12H2,(H,22,23,25). The van der Waals surface area contributed by atoms with Gasteiger partial charge in [0.2, 0.25) is 0 Å². The number of nitrogens with zero attached hydrogens (tertiary/aromatic N) is 2. The van der Waals surface area contributed by atoms with Crippen molar-refractivity contribution >= 4 is 17.3 Å². The second kappa shape index (κ2) is 5.95. The number of benzene rings is 2. The van der Waals surface area contributed by atoms with E-state index in [1.54, 1.807) is 0 Å². The maximum atomic E-state index is 12.2. The van der Waals surface area contributed by atoms with Gasteiger partial charge in [-0.3, -0.25) is 9.69 Å². The summed E-state index contributed by atoms with van der Waals surface area (Å²) in [5, 5.41) is 15.5. The van der Waals surface area contributed by atoms with Crippen LogP contribution in [0.2, 0.25) is 0 Å². The van der Waals surface area contributed by atoms with Crippen LogP contribution in [0.15, 0.2) is 41.6 Å². The number of carbonyl (C=O) groups excluding carboxylic acids is 1. The Hall–Kier alpha value is -2.66. The quantitative estimate of drug-likeness (QED) is 0.662. The minimum absolute atomic E-state index is 0.110. The van der Waals surface area contributed by atoms with Gasteiger partial charge in [0.25, 0.3) is 5.91 Å². The molecule has 1 saturated carbocycles. The fourth-order valence-electron chi connectivity index (χ4n) is 4.23. The van der Waals surface area contributed by atoms with Gasteiger partial charge in [0, 0.05) is 25.2 Å². The maximum absolute atomic E-state index is 12.2. The Labute approximate surface area is 152 Å². The molecule has 2 aliphatic heterocycles. The third-order valence-electron chi connectivity index (χ3n) is 5.72. The molecule has 0 aromatic heterocycles. The smallest absolute Gasteiger partial charge is 0.278 e. The molecule has 2 heterocycles. The van der Waals surface area contributed by atoms with E-state index in [0.29, 0.717) is 5.56 Å². The summed E-state index contributed by atoms with van der Waals surface area (Å²) in [6.45, 7) is 3.03. The third kappa shape index (κ3) is 2.51. The molecule has 3 aliphatic rings. The highest BCUT2D eigenvalue weighted by Gasteiger charge is 2.35. The van der Waals surface area contributed by atoms with Gasteiger partial charge in [-0.1, -0.05) is 35.5 Å². The molecule has 1 amide bonds. The van der Waals surface area contributed by atoms with Crippen molar-refractivity contribution in [2.75, 3.05) is 18.4 Å². The van der Waals surface area contributed by atoms with Gasteiger partial charge in [0.15, 0.2) is 5.71 Å². The van der Waals surface area contributed by atoms with E-state index in [9.17, 15) is 10.0 Å². The fraction of sp³-hybridized carbons (Fsp3) is 0.333. The van der Waals surface area contributed by atoms with Crippen molar-refractivity contribution in [3.63, 3.8) is 0 Å². The zero-order valence-electron chi connectivity index (χ0n) is 14.5. The number of hydrogen-bond acceptors (Lipinski definition) is 4. The van der Waals surface area contributed by atoms with E-state index in [-0.39, 0.29) is 11.6 Å². The topological polar surface area (TPSA) is 64.9 Å². The maximum Gasteiger partial charge on any atom is 0.278 e.